The van der Waals surface area contributed by atoms with Crippen molar-refractivity contribution in [1.29, 1.82) is 0 Å². The summed E-state index contributed by atoms with van der Waals surface area (Å²) in [6.45, 7) is 10.6. The Morgan fingerprint density at radius 1 is 1.15 bits per heavy atom. The van der Waals surface area contributed by atoms with Crippen LogP contribution in [0.4, 0.5) is 5.95 Å². The number of carbonyl (C=O) groups excluding carboxylic acids is 1. The third-order valence-electron chi connectivity index (χ3n) is 3.96. The molecule has 1 amide bonds. The number of amides is 1. The Labute approximate surface area is 197 Å². The van der Waals surface area contributed by atoms with Gasteiger partial charge < -0.3 is 29.4 Å². The van der Waals surface area contributed by atoms with Gasteiger partial charge in [0.1, 0.15) is 6.54 Å². The van der Waals surface area contributed by atoms with Crippen molar-refractivity contribution in [1.82, 2.24) is 24.8 Å². The topological polar surface area (TPSA) is 178 Å². The summed E-state index contributed by atoms with van der Waals surface area (Å²) in [6.07, 6.45) is 1.11. The highest BCUT2D eigenvalue weighted by molar-refractivity contribution is 7.54. The van der Waals surface area contributed by atoms with Crippen molar-refractivity contribution in [2.24, 2.45) is 0 Å². The normalized spacial score (nSPS) is 12.6. The number of carboxylic acid groups (broad SMARTS) is 1. The number of carboxylic acids is 1. The molecule has 0 aromatic carbocycles. The summed E-state index contributed by atoms with van der Waals surface area (Å²) in [6, 6.07) is 0. The molecule has 4 N–H and O–H groups in total. The van der Waals surface area contributed by atoms with Gasteiger partial charge in [-0.2, -0.15) is 4.98 Å². The van der Waals surface area contributed by atoms with E-state index < -0.39 is 30.3 Å². The molecular formula is C20H33N6O7P. The zero-order valence-electron chi connectivity index (χ0n) is 20.3. The summed E-state index contributed by atoms with van der Waals surface area (Å²) >= 11 is 0. The average molecular weight is 500 g/mol. The minimum absolute atomic E-state index is 0.0273. The van der Waals surface area contributed by atoms with Crippen molar-refractivity contribution in [3.8, 4) is 0 Å². The van der Waals surface area contributed by atoms with Crippen LogP contribution >= 0.6 is 7.60 Å². The standard InChI is InChI=1S/C20H33N6O7P/c1-19(2,3)32-34(31,33-20(4,5)6)10-7-13(27)21-8-9-22-18-24-16-15(17(30)25-18)23-12-26(16)11-14(28)29/h12H,7-11H2,1-6H3,(H,21,27)(H,28,29)(H2,22,24,25,30). The average Bonchev–Trinajstić information content (AvgIpc) is 3.03. The quantitative estimate of drug-likeness (QED) is 0.263. The Morgan fingerprint density at radius 3 is 2.32 bits per heavy atom. The maximum atomic E-state index is 13.2. The maximum absolute atomic E-state index is 13.2. The third kappa shape index (κ3) is 8.88. The van der Waals surface area contributed by atoms with E-state index in [1.165, 1.54) is 10.9 Å². The Balaban J connectivity index is 1.90. The van der Waals surface area contributed by atoms with Crippen molar-refractivity contribution in [3.05, 3.63) is 16.7 Å². The maximum Gasteiger partial charge on any atom is 0.332 e. The van der Waals surface area contributed by atoms with E-state index >= 15 is 0 Å². The second-order valence-electron chi connectivity index (χ2n) is 9.62. The van der Waals surface area contributed by atoms with Crippen molar-refractivity contribution >= 4 is 36.6 Å². The minimum atomic E-state index is -3.52. The van der Waals surface area contributed by atoms with Gasteiger partial charge in [-0.15, -0.1) is 0 Å². The fraction of sp³-hybridized carbons (Fsp3) is 0.650. The molecule has 0 atom stereocenters. The molecule has 34 heavy (non-hydrogen) atoms. The Kier molecular flexibility index (Phi) is 8.62. The molecule has 2 aromatic rings. The van der Waals surface area contributed by atoms with Gasteiger partial charge in [0.15, 0.2) is 11.2 Å². The van der Waals surface area contributed by atoms with Gasteiger partial charge in [0, 0.05) is 19.5 Å². The summed E-state index contributed by atoms with van der Waals surface area (Å²) in [7, 11) is -3.52. The van der Waals surface area contributed by atoms with Crippen molar-refractivity contribution in [3.63, 3.8) is 0 Å². The molecule has 13 nitrogen and oxygen atoms in total. The number of carbonyl (C=O) groups is 2. The van der Waals surface area contributed by atoms with E-state index in [2.05, 4.69) is 25.6 Å². The number of hydrogen-bond donors (Lipinski definition) is 4. The second-order valence-corrected chi connectivity index (χ2v) is 11.7. The van der Waals surface area contributed by atoms with Gasteiger partial charge in [0.25, 0.3) is 5.56 Å². The van der Waals surface area contributed by atoms with Crippen LogP contribution in [0.2, 0.25) is 0 Å². The van der Waals surface area contributed by atoms with Crippen LogP contribution in [0, 0.1) is 0 Å². The SMILES string of the molecule is CC(C)(C)OP(=O)(CCC(=O)NCCNc1nc2c(ncn2CC(=O)O)c(=O)[nH]1)OC(C)(C)C. The molecule has 0 saturated heterocycles. The number of imidazole rings is 1. The van der Waals surface area contributed by atoms with Gasteiger partial charge in [-0.1, -0.05) is 0 Å². The van der Waals surface area contributed by atoms with Crippen LogP contribution in [-0.4, -0.2) is 67.0 Å². The fourth-order valence-electron chi connectivity index (χ4n) is 2.95. The highest BCUT2D eigenvalue weighted by Crippen LogP contribution is 2.54. The lowest BCUT2D eigenvalue weighted by atomic mass is 10.2. The molecule has 2 heterocycles. The van der Waals surface area contributed by atoms with Gasteiger partial charge in [-0.3, -0.25) is 23.9 Å². The van der Waals surface area contributed by atoms with Gasteiger partial charge >= 0.3 is 13.6 Å². The fourth-order valence-corrected chi connectivity index (χ4v) is 5.32. The Bertz CT molecular complexity index is 1110. The van der Waals surface area contributed by atoms with E-state index in [-0.39, 0.29) is 55.2 Å². The van der Waals surface area contributed by atoms with E-state index in [1.54, 1.807) is 41.5 Å². The van der Waals surface area contributed by atoms with Gasteiger partial charge in [0.2, 0.25) is 11.9 Å². The van der Waals surface area contributed by atoms with Crippen LogP contribution in [0.15, 0.2) is 11.1 Å². The molecule has 0 radical (unpaired) electrons. The molecule has 0 fully saturated rings. The lowest BCUT2D eigenvalue weighted by Crippen LogP contribution is -2.31. The number of hydrogen-bond acceptors (Lipinski definition) is 9. The molecule has 190 valence electrons. The molecule has 2 aromatic heterocycles. The smallest absolute Gasteiger partial charge is 0.332 e. The van der Waals surface area contributed by atoms with Crippen LogP contribution in [0.1, 0.15) is 48.0 Å². The number of nitrogens with one attached hydrogen (secondary N) is 3. The molecule has 14 heteroatoms. The molecule has 2 rings (SSSR count). The number of aromatic nitrogens is 4. The molecule has 0 bridgehead atoms. The molecule has 0 spiro atoms. The molecule has 0 aliphatic heterocycles. The predicted molar refractivity (Wildman–Crippen MR) is 126 cm³/mol. The zero-order valence-corrected chi connectivity index (χ0v) is 21.2. The Hall–Kier alpha value is -2.76. The summed E-state index contributed by atoms with van der Waals surface area (Å²) in [5, 5.41) is 14.5. The van der Waals surface area contributed by atoms with Gasteiger partial charge in [-0.05, 0) is 41.5 Å². The molecule has 0 aliphatic rings. The highest BCUT2D eigenvalue weighted by Gasteiger charge is 2.35. The zero-order chi connectivity index (χ0) is 25.7. The lowest BCUT2D eigenvalue weighted by molar-refractivity contribution is -0.137. The van der Waals surface area contributed by atoms with Crippen molar-refractivity contribution < 1.29 is 28.3 Å². The van der Waals surface area contributed by atoms with E-state index in [4.69, 9.17) is 14.2 Å². The lowest BCUT2D eigenvalue weighted by Gasteiger charge is -2.32. The summed E-state index contributed by atoms with van der Waals surface area (Å²) in [5.74, 6) is -1.32. The second kappa shape index (κ2) is 10.7. The Morgan fingerprint density at radius 2 is 1.76 bits per heavy atom. The summed E-state index contributed by atoms with van der Waals surface area (Å²) in [4.78, 5) is 45.9. The number of aromatic amines is 1. The first kappa shape index (κ1) is 27.5. The third-order valence-corrected chi connectivity index (χ3v) is 6.38. The van der Waals surface area contributed by atoms with Crippen LogP contribution in [0.5, 0.6) is 0 Å². The first-order chi connectivity index (χ1) is 15.6. The highest BCUT2D eigenvalue weighted by atomic mass is 31.2. The number of nitrogens with zero attached hydrogens (tertiary/aromatic N) is 3. The predicted octanol–water partition coefficient (Wildman–Crippen LogP) is 1.95. The van der Waals surface area contributed by atoms with Crippen molar-refractivity contribution in [2.45, 2.75) is 65.7 Å². The number of H-pyrrole nitrogens is 1. The van der Waals surface area contributed by atoms with E-state index in [9.17, 15) is 18.9 Å². The van der Waals surface area contributed by atoms with Crippen LogP contribution in [0.3, 0.4) is 0 Å². The summed E-state index contributed by atoms with van der Waals surface area (Å²) < 4.78 is 25.7. The van der Waals surface area contributed by atoms with Crippen LogP contribution in [-0.2, 0) is 29.7 Å². The van der Waals surface area contributed by atoms with Gasteiger partial charge in [0.05, 0.1) is 23.7 Å². The molecule has 0 saturated carbocycles. The number of fused-ring (bicyclic) bond motifs is 1. The largest absolute Gasteiger partial charge is 0.480 e. The first-order valence-electron chi connectivity index (χ1n) is 10.7. The number of rotatable bonds is 11. The molecular weight excluding hydrogens is 467 g/mol. The number of anilines is 1. The first-order valence-corrected chi connectivity index (χ1v) is 12.5. The van der Waals surface area contributed by atoms with E-state index in [1.807, 2.05) is 0 Å². The van der Waals surface area contributed by atoms with E-state index in [0.29, 0.717) is 0 Å². The monoisotopic (exact) mass is 500 g/mol. The number of aliphatic carboxylic acids is 1. The summed E-state index contributed by atoms with van der Waals surface area (Å²) in [5.41, 5.74) is -1.77. The molecule has 0 unspecified atom stereocenters. The van der Waals surface area contributed by atoms with Crippen molar-refractivity contribution in [2.75, 3.05) is 24.6 Å². The van der Waals surface area contributed by atoms with E-state index in [0.717, 1.165) is 0 Å². The minimum Gasteiger partial charge on any atom is -0.480 e. The van der Waals surface area contributed by atoms with Gasteiger partial charge in [-0.25, -0.2) is 4.98 Å². The van der Waals surface area contributed by atoms with Crippen LogP contribution in [0.25, 0.3) is 11.2 Å². The molecule has 0 aliphatic carbocycles. The van der Waals surface area contributed by atoms with Crippen LogP contribution < -0.4 is 16.2 Å².